The third-order valence-electron chi connectivity index (χ3n) is 3.18. The van der Waals surface area contributed by atoms with Crippen LogP contribution in [0.25, 0.3) is 0 Å². The van der Waals surface area contributed by atoms with Crippen LogP contribution in [0.5, 0.6) is 5.88 Å². The summed E-state index contributed by atoms with van der Waals surface area (Å²) in [6.45, 7) is 4.15. The predicted octanol–water partition coefficient (Wildman–Crippen LogP) is 1.16. The van der Waals surface area contributed by atoms with Gasteiger partial charge in [0.15, 0.2) is 0 Å². The van der Waals surface area contributed by atoms with Gasteiger partial charge in [0.05, 0.1) is 13.3 Å². The Labute approximate surface area is 107 Å². The highest BCUT2D eigenvalue weighted by molar-refractivity contribution is 5.31. The molecule has 0 N–H and O–H groups in total. The number of likely N-dealkylation sites (N-methyl/N-ethyl adjacent to an activating group) is 1. The molecule has 1 aromatic heterocycles. The van der Waals surface area contributed by atoms with Crippen molar-refractivity contribution in [2.24, 2.45) is 0 Å². The van der Waals surface area contributed by atoms with Crippen LogP contribution in [-0.2, 0) is 0 Å². The van der Waals surface area contributed by atoms with Crippen LogP contribution in [0.15, 0.2) is 6.20 Å². The zero-order valence-electron chi connectivity index (χ0n) is 10.9. The lowest BCUT2D eigenvalue weighted by Gasteiger charge is -2.21. The molecule has 1 aliphatic heterocycles. The summed E-state index contributed by atoms with van der Waals surface area (Å²) in [5, 5.41) is 0. The van der Waals surface area contributed by atoms with Crippen LogP contribution in [0, 0.1) is 5.82 Å². The molecule has 0 bridgehead atoms. The molecule has 0 saturated carbocycles. The van der Waals surface area contributed by atoms with Crippen molar-refractivity contribution in [3.63, 3.8) is 0 Å². The Hall–Kier alpha value is -1.43. The zero-order valence-corrected chi connectivity index (χ0v) is 10.9. The van der Waals surface area contributed by atoms with E-state index in [1.54, 1.807) is 0 Å². The quantitative estimate of drug-likeness (QED) is 0.788. The summed E-state index contributed by atoms with van der Waals surface area (Å²) in [4.78, 5) is 12.3. The Morgan fingerprint density at radius 2 is 2.17 bits per heavy atom. The third-order valence-corrected chi connectivity index (χ3v) is 3.18. The minimum atomic E-state index is -0.533. The van der Waals surface area contributed by atoms with Gasteiger partial charge < -0.3 is 14.5 Å². The normalized spacial score (nSPS) is 15.9. The van der Waals surface area contributed by atoms with E-state index in [9.17, 15) is 4.39 Å². The second-order valence-electron chi connectivity index (χ2n) is 4.50. The maximum atomic E-state index is 13.2. The van der Waals surface area contributed by atoms with E-state index in [0.29, 0.717) is 5.95 Å². The van der Waals surface area contributed by atoms with E-state index in [2.05, 4.69) is 14.9 Å². The highest BCUT2D eigenvalue weighted by atomic mass is 19.1. The molecule has 1 aromatic rings. The first-order chi connectivity index (χ1) is 8.70. The Morgan fingerprint density at radius 1 is 1.44 bits per heavy atom. The molecule has 0 aliphatic carbocycles. The number of hydrogen-bond donors (Lipinski definition) is 0. The molecule has 1 saturated heterocycles. The van der Waals surface area contributed by atoms with E-state index in [0.717, 1.165) is 19.3 Å². The molecule has 0 atom stereocenters. The van der Waals surface area contributed by atoms with Gasteiger partial charge in [-0.15, -0.1) is 0 Å². The monoisotopic (exact) mass is 254 g/mol. The lowest BCUT2D eigenvalue weighted by atomic mass is 10.4. The van der Waals surface area contributed by atoms with Gasteiger partial charge >= 0.3 is 0 Å². The molecule has 100 valence electrons. The molecule has 0 unspecified atom stereocenters. The number of methoxy groups -OCH3 is 1. The van der Waals surface area contributed by atoms with Crippen molar-refractivity contribution in [2.45, 2.75) is 12.8 Å². The summed E-state index contributed by atoms with van der Waals surface area (Å²) in [6, 6.07) is 0. The van der Waals surface area contributed by atoms with Crippen molar-refractivity contribution in [3.05, 3.63) is 12.0 Å². The van der Waals surface area contributed by atoms with E-state index in [4.69, 9.17) is 4.74 Å². The van der Waals surface area contributed by atoms with Crippen molar-refractivity contribution < 1.29 is 9.13 Å². The maximum absolute atomic E-state index is 13.2. The van der Waals surface area contributed by atoms with Gasteiger partial charge in [-0.25, -0.2) is 4.98 Å². The van der Waals surface area contributed by atoms with Gasteiger partial charge in [-0.1, -0.05) is 0 Å². The minimum absolute atomic E-state index is 0.00646. The number of halogens is 1. The molecule has 0 spiro atoms. The number of anilines is 1. The van der Waals surface area contributed by atoms with Crippen molar-refractivity contribution in [1.82, 2.24) is 14.9 Å². The summed E-state index contributed by atoms with van der Waals surface area (Å²) in [6.07, 6.45) is 3.71. The number of nitrogens with zero attached hydrogens (tertiary/aromatic N) is 4. The van der Waals surface area contributed by atoms with Crippen molar-refractivity contribution in [1.29, 1.82) is 0 Å². The van der Waals surface area contributed by atoms with Crippen LogP contribution in [0.1, 0.15) is 12.8 Å². The molecule has 6 heteroatoms. The highest BCUT2D eigenvalue weighted by Crippen LogP contribution is 2.16. The molecular weight excluding hydrogens is 235 g/mol. The first-order valence-corrected chi connectivity index (χ1v) is 6.20. The fraction of sp³-hybridized carbons (Fsp3) is 0.667. The van der Waals surface area contributed by atoms with E-state index in [1.165, 1.54) is 33.0 Å². The Balaban J connectivity index is 1.93. The lowest BCUT2D eigenvalue weighted by molar-refractivity contribution is 0.345. The summed E-state index contributed by atoms with van der Waals surface area (Å²) in [5.74, 6) is -0.0466. The SMILES string of the molecule is COc1nc(N(C)CCN2CCCC2)ncc1F. The summed E-state index contributed by atoms with van der Waals surface area (Å²) < 4.78 is 18.0. The van der Waals surface area contributed by atoms with Crippen LogP contribution in [0.2, 0.25) is 0 Å². The summed E-state index contributed by atoms with van der Waals surface area (Å²) in [5.41, 5.74) is 0. The number of hydrogen-bond acceptors (Lipinski definition) is 5. The van der Waals surface area contributed by atoms with E-state index >= 15 is 0 Å². The first kappa shape index (κ1) is 13.0. The maximum Gasteiger partial charge on any atom is 0.255 e. The number of ether oxygens (including phenoxy) is 1. The van der Waals surface area contributed by atoms with Crippen LogP contribution < -0.4 is 9.64 Å². The molecule has 0 aromatic carbocycles. The average molecular weight is 254 g/mol. The van der Waals surface area contributed by atoms with Crippen LogP contribution in [0.3, 0.4) is 0 Å². The zero-order chi connectivity index (χ0) is 13.0. The number of aromatic nitrogens is 2. The molecule has 0 radical (unpaired) electrons. The minimum Gasteiger partial charge on any atom is -0.479 e. The van der Waals surface area contributed by atoms with Gasteiger partial charge in [-0.05, 0) is 25.9 Å². The topological polar surface area (TPSA) is 41.5 Å². The molecule has 18 heavy (non-hydrogen) atoms. The predicted molar refractivity (Wildman–Crippen MR) is 67.5 cm³/mol. The fourth-order valence-corrected chi connectivity index (χ4v) is 2.07. The second-order valence-corrected chi connectivity index (χ2v) is 4.50. The van der Waals surface area contributed by atoms with Gasteiger partial charge in [0.25, 0.3) is 5.88 Å². The van der Waals surface area contributed by atoms with Crippen molar-refractivity contribution >= 4 is 5.95 Å². The standard InChI is InChI=1S/C12H19FN4O/c1-16(7-8-17-5-3-4-6-17)12-14-9-10(13)11(15-12)18-2/h9H,3-8H2,1-2H3. The molecule has 2 heterocycles. The molecular formula is C12H19FN4O. The van der Waals surface area contributed by atoms with E-state index in [-0.39, 0.29) is 5.88 Å². The van der Waals surface area contributed by atoms with Gasteiger partial charge in [-0.2, -0.15) is 9.37 Å². The van der Waals surface area contributed by atoms with Gasteiger partial charge in [0.1, 0.15) is 0 Å². The van der Waals surface area contributed by atoms with Crippen LogP contribution in [0.4, 0.5) is 10.3 Å². The number of rotatable bonds is 5. The van der Waals surface area contributed by atoms with Crippen LogP contribution in [-0.4, -0.2) is 55.2 Å². The molecule has 5 nitrogen and oxygen atoms in total. The van der Waals surface area contributed by atoms with Gasteiger partial charge in [0.2, 0.25) is 11.8 Å². The Bertz CT molecular complexity index is 396. The van der Waals surface area contributed by atoms with Gasteiger partial charge in [-0.3, -0.25) is 0 Å². The fourth-order valence-electron chi connectivity index (χ4n) is 2.07. The average Bonchev–Trinajstić information content (AvgIpc) is 2.89. The Morgan fingerprint density at radius 3 is 2.83 bits per heavy atom. The third kappa shape index (κ3) is 3.07. The summed E-state index contributed by atoms with van der Waals surface area (Å²) in [7, 11) is 3.31. The molecule has 1 fully saturated rings. The second kappa shape index (κ2) is 5.95. The molecule has 1 aliphatic rings. The first-order valence-electron chi connectivity index (χ1n) is 6.20. The van der Waals surface area contributed by atoms with E-state index in [1.807, 2.05) is 11.9 Å². The van der Waals surface area contributed by atoms with Crippen molar-refractivity contribution in [2.75, 3.05) is 45.2 Å². The molecule has 2 rings (SSSR count). The lowest BCUT2D eigenvalue weighted by Crippen LogP contribution is -2.32. The van der Waals surface area contributed by atoms with Gasteiger partial charge in [0, 0.05) is 20.1 Å². The smallest absolute Gasteiger partial charge is 0.255 e. The highest BCUT2D eigenvalue weighted by Gasteiger charge is 2.14. The summed E-state index contributed by atoms with van der Waals surface area (Å²) >= 11 is 0. The largest absolute Gasteiger partial charge is 0.479 e. The van der Waals surface area contributed by atoms with Crippen molar-refractivity contribution in [3.8, 4) is 5.88 Å². The Kier molecular flexibility index (Phi) is 4.30. The van der Waals surface area contributed by atoms with E-state index < -0.39 is 5.82 Å². The molecule has 0 amide bonds. The van der Waals surface area contributed by atoms with Crippen LogP contribution >= 0.6 is 0 Å². The number of likely N-dealkylation sites (tertiary alicyclic amines) is 1.